The maximum absolute atomic E-state index is 13.2. The fourth-order valence-electron chi connectivity index (χ4n) is 3.35. The van der Waals surface area contributed by atoms with E-state index < -0.39 is 35.5 Å². The molecule has 0 aromatic heterocycles. The van der Waals surface area contributed by atoms with E-state index in [4.69, 9.17) is 0 Å². The molecule has 0 bridgehead atoms. The molecule has 3 amide bonds. The third-order valence-corrected chi connectivity index (χ3v) is 4.74. The summed E-state index contributed by atoms with van der Waals surface area (Å²) in [5, 5.41) is 7.93. The van der Waals surface area contributed by atoms with Crippen molar-refractivity contribution in [1.29, 1.82) is 0 Å². The number of carbonyl (C=O) groups is 3. The zero-order valence-corrected chi connectivity index (χ0v) is 16.0. The predicted octanol–water partition coefficient (Wildman–Crippen LogP) is 2.06. The van der Waals surface area contributed by atoms with E-state index in [1.807, 2.05) is 19.1 Å². The molecule has 0 spiro atoms. The fraction of sp³-hybridized carbons (Fsp3) is 0.286. The molecular formula is C21H21F2N3O3. The summed E-state index contributed by atoms with van der Waals surface area (Å²) in [6, 6.07) is 8.12. The molecule has 0 fully saturated rings. The molecule has 6 nitrogen and oxygen atoms in total. The lowest BCUT2D eigenvalue weighted by atomic mass is 9.91. The number of hydrogen-bond acceptors (Lipinski definition) is 3. The van der Waals surface area contributed by atoms with Crippen LogP contribution < -0.4 is 16.0 Å². The Balaban J connectivity index is 1.64. The molecule has 0 aliphatic carbocycles. The number of hydrogen-bond donors (Lipinski definition) is 3. The Morgan fingerprint density at radius 2 is 1.72 bits per heavy atom. The summed E-state index contributed by atoms with van der Waals surface area (Å²) in [5.41, 5.74) is 1.76. The average Bonchev–Trinajstić information content (AvgIpc) is 2.63. The Hall–Kier alpha value is -3.29. The summed E-state index contributed by atoms with van der Waals surface area (Å²) >= 11 is 0. The number of benzene rings is 2. The highest BCUT2D eigenvalue weighted by Gasteiger charge is 2.33. The van der Waals surface area contributed by atoms with Crippen LogP contribution in [0, 0.1) is 11.6 Å². The molecule has 2 unspecified atom stereocenters. The van der Waals surface area contributed by atoms with E-state index in [9.17, 15) is 23.2 Å². The SMILES string of the molecule is CC1NC(=O)C(NC(=O)[C@H](C)NC(=O)Cc2cc(F)cc(F)c2)c2ccccc21. The van der Waals surface area contributed by atoms with Crippen molar-refractivity contribution >= 4 is 17.7 Å². The van der Waals surface area contributed by atoms with Crippen molar-refractivity contribution in [1.82, 2.24) is 16.0 Å². The Labute approximate surface area is 166 Å². The first kappa shape index (κ1) is 20.4. The van der Waals surface area contributed by atoms with E-state index in [0.717, 1.165) is 17.7 Å². The molecule has 3 N–H and O–H groups in total. The van der Waals surface area contributed by atoms with Crippen molar-refractivity contribution < 1.29 is 23.2 Å². The van der Waals surface area contributed by atoms with Crippen LogP contribution >= 0.6 is 0 Å². The van der Waals surface area contributed by atoms with Gasteiger partial charge in [0.2, 0.25) is 17.7 Å². The van der Waals surface area contributed by atoms with Crippen molar-refractivity contribution in [3.8, 4) is 0 Å². The number of amides is 3. The van der Waals surface area contributed by atoms with Gasteiger partial charge in [-0.1, -0.05) is 24.3 Å². The van der Waals surface area contributed by atoms with Crippen LogP contribution in [0.1, 0.15) is 42.6 Å². The highest BCUT2D eigenvalue weighted by Crippen LogP contribution is 2.29. The summed E-state index contributed by atoms with van der Waals surface area (Å²) in [6.07, 6.45) is -0.281. The van der Waals surface area contributed by atoms with Gasteiger partial charge < -0.3 is 16.0 Å². The molecule has 3 atom stereocenters. The Morgan fingerprint density at radius 1 is 1.10 bits per heavy atom. The molecule has 0 saturated carbocycles. The molecule has 8 heteroatoms. The summed E-state index contributed by atoms with van der Waals surface area (Å²) in [5.74, 6) is -3.02. The third kappa shape index (κ3) is 4.77. The summed E-state index contributed by atoms with van der Waals surface area (Å²) < 4.78 is 26.5. The Bertz CT molecular complexity index is 944. The van der Waals surface area contributed by atoms with Crippen molar-refractivity contribution in [3.63, 3.8) is 0 Å². The lowest BCUT2D eigenvalue weighted by Crippen LogP contribution is -2.51. The van der Waals surface area contributed by atoms with Crippen LogP contribution in [0.2, 0.25) is 0 Å². The van der Waals surface area contributed by atoms with Gasteiger partial charge in [0, 0.05) is 6.07 Å². The monoisotopic (exact) mass is 401 g/mol. The molecule has 0 radical (unpaired) electrons. The first-order chi connectivity index (χ1) is 13.7. The van der Waals surface area contributed by atoms with Crippen molar-refractivity contribution in [2.45, 2.75) is 38.4 Å². The second kappa shape index (κ2) is 8.38. The van der Waals surface area contributed by atoms with E-state index in [-0.39, 0.29) is 23.9 Å². The fourth-order valence-corrected chi connectivity index (χ4v) is 3.35. The van der Waals surface area contributed by atoms with Crippen LogP contribution in [0.25, 0.3) is 0 Å². The molecule has 3 rings (SSSR count). The van der Waals surface area contributed by atoms with Crippen molar-refractivity contribution in [2.75, 3.05) is 0 Å². The molecule has 2 aromatic rings. The zero-order valence-electron chi connectivity index (χ0n) is 16.0. The number of halogens is 2. The minimum absolute atomic E-state index is 0.155. The predicted molar refractivity (Wildman–Crippen MR) is 102 cm³/mol. The van der Waals surface area contributed by atoms with E-state index >= 15 is 0 Å². The minimum Gasteiger partial charge on any atom is -0.347 e. The normalized spacial score (nSPS) is 19.0. The van der Waals surface area contributed by atoms with E-state index in [1.54, 1.807) is 12.1 Å². The third-order valence-electron chi connectivity index (χ3n) is 4.74. The second-order valence-electron chi connectivity index (χ2n) is 7.04. The summed E-state index contributed by atoms with van der Waals surface area (Å²) in [7, 11) is 0. The Kier molecular flexibility index (Phi) is 5.91. The molecule has 2 aromatic carbocycles. The van der Waals surface area contributed by atoms with Gasteiger partial charge in [-0.15, -0.1) is 0 Å². The Morgan fingerprint density at radius 3 is 2.38 bits per heavy atom. The van der Waals surface area contributed by atoms with E-state index in [1.165, 1.54) is 6.92 Å². The molecular weight excluding hydrogens is 380 g/mol. The van der Waals surface area contributed by atoms with Gasteiger partial charge in [-0.3, -0.25) is 14.4 Å². The van der Waals surface area contributed by atoms with Crippen LogP contribution in [0.3, 0.4) is 0 Å². The van der Waals surface area contributed by atoms with Gasteiger partial charge in [-0.05, 0) is 42.7 Å². The zero-order chi connectivity index (χ0) is 21.1. The van der Waals surface area contributed by atoms with Crippen molar-refractivity contribution in [3.05, 3.63) is 70.8 Å². The number of rotatable bonds is 5. The molecule has 1 heterocycles. The first-order valence-corrected chi connectivity index (χ1v) is 9.18. The minimum atomic E-state index is -0.944. The maximum atomic E-state index is 13.2. The smallest absolute Gasteiger partial charge is 0.247 e. The van der Waals surface area contributed by atoms with Crippen LogP contribution in [0.15, 0.2) is 42.5 Å². The number of carbonyl (C=O) groups excluding carboxylic acids is 3. The molecule has 1 aliphatic rings. The van der Waals surface area contributed by atoms with Crippen molar-refractivity contribution in [2.24, 2.45) is 0 Å². The van der Waals surface area contributed by atoms with Gasteiger partial charge in [0.15, 0.2) is 0 Å². The second-order valence-corrected chi connectivity index (χ2v) is 7.04. The summed E-state index contributed by atoms with van der Waals surface area (Å²) in [6.45, 7) is 3.32. The maximum Gasteiger partial charge on any atom is 0.247 e. The highest BCUT2D eigenvalue weighted by molar-refractivity contribution is 5.93. The van der Waals surface area contributed by atoms with Gasteiger partial charge >= 0.3 is 0 Å². The van der Waals surface area contributed by atoms with Crippen LogP contribution in [0.5, 0.6) is 0 Å². The van der Waals surface area contributed by atoms with Crippen LogP contribution in [-0.2, 0) is 20.8 Å². The van der Waals surface area contributed by atoms with E-state index in [2.05, 4.69) is 16.0 Å². The molecule has 152 valence electrons. The van der Waals surface area contributed by atoms with Gasteiger partial charge in [-0.25, -0.2) is 8.78 Å². The highest BCUT2D eigenvalue weighted by atomic mass is 19.1. The summed E-state index contributed by atoms with van der Waals surface area (Å²) in [4.78, 5) is 37.0. The lowest BCUT2D eigenvalue weighted by molar-refractivity contribution is -0.132. The van der Waals surface area contributed by atoms with Gasteiger partial charge in [-0.2, -0.15) is 0 Å². The van der Waals surface area contributed by atoms with Gasteiger partial charge in [0.05, 0.1) is 12.5 Å². The molecule has 0 saturated heterocycles. The van der Waals surface area contributed by atoms with Gasteiger partial charge in [0.25, 0.3) is 0 Å². The van der Waals surface area contributed by atoms with Gasteiger partial charge in [0.1, 0.15) is 23.7 Å². The average molecular weight is 401 g/mol. The number of fused-ring (bicyclic) bond motifs is 1. The quantitative estimate of drug-likeness (QED) is 0.717. The van der Waals surface area contributed by atoms with Crippen LogP contribution in [0.4, 0.5) is 8.78 Å². The largest absolute Gasteiger partial charge is 0.347 e. The molecule has 1 aliphatic heterocycles. The molecule has 29 heavy (non-hydrogen) atoms. The standard InChI is InChI=1S/C21H21F2N3O3/c1-11-16-5-3-4-6-17(16)19(21(29)25-11)26-20(28)12(2)24-18(27)9-13-7-14(22)10-15(23)8-13/h3-8,10-12,19H,9H2,1-2H3,(H,24,27)(H,25,29)(H,26,28)/t11?,12-,19?/m0/s1. The van der Waals surface area contributed by atoms with Crippen LogP contribution in [-0.4, -0.2) is 23.8 Å². The lowest BCUT2D eigenvalue weighted by Gasteiger charge is -2.31. The number of nitrogens with one attached hydrogen (secondary N) is 3. The topological polar surface area (TPSA) is 87.3 Å². The first-order valence-electron chi connectivity index (χ1n) is 9.18. The van der Waals surface area contributed by atoms with E-state index in [0.29, 0.717) is 11.6 Å².